The van der Waals surface area contributed by atoms with Gasteiger partial charge in [-0.2, -0.15) is 0 Å². The lowest BCUT2D eigenvalue weighted by Crippen LogP contribution is -2.44. The van der Waals surface area contributed by atoms with Crippen LogP contribution < -0.4 is 20.4 Å². The van der Waals surface area contributed by atoms with Crippen LogP contribution in [0.25, 0.3) is 0 Å². The molecule has 1 aromatic rings. The van der Waals surface area contributed by atoms with Crippen molar-refractivity contribution in [3.63, 3.8) is 0 Å². The van der Waals surface area contributed by atoms with E-state index in [2.05, 4.69) is 10.6 Å². The normalized spacial score (nSPS) is 27.1. The molecule has 0 bridgehead atoms. The molecular formula is C28H38N4O4. The number of hydrogen-bond acceptors (Lipinski definition) is 6. The summed E-state index contributed by atoms with van der Waals surface area (Å²) >= 11 is 0. The summed E-state index contributed by atoms with van der Waals surface area (Å²) < 4.78 is 0. The van der Waals surface area contributed by atoms with Gasteiger partial charge in [0.25, 0.3) is 11.8 Å². The fourth-order valence-corrected chi connectivity index (χ4v) is 6.28. The standard InChI is InChI=1S/C28H38N4O4/c33-25-17-23(29-19-9-5-1-2-6-10-19)27(35)31(25)21-13-15-22(16-14-21)32-26(34)18-24(28(32)36)30-20-11-7-3-4-8-12-20/h13-16,19-20,23-24,29-30H,1-12,17-18H2/t23-,24-/m0/s1. The second kappa shape index (κ2) is 11.2. The van der Waals surface area contributed by atoms with Crippen molar-refractivity contribution in [3.05, 3.63) is 24.3 Å². The van der Waals surface area contributed by atoms with Gasteiger partial charge >= 0.3 is 0 Å². The molecule has 5 rings (SSSR count). The Balaban J connectivity index is 1.23. The second-order valence-corrected chi connectivity index (χ2v) is 10.9. The van der Waals surface area contributed by atoms with Crippen LogP contribution in [-0.4, -0.2) is 47.8 Å². The van der Waals surface area contributed by atoms with Gasteiger partial charge in [-0.1, -0.05) is 51.4 Å². The van der Waals surface area contributed by atoms with Crippen LogP contribution >= 0.6 is 0 Å². The third kappa shape index (κ3) is 5.39. The minimum Gasteiger partial charge on any atom is -0.303 e. The van der Waals surface area contributed by atoms with E-state index in [1.807, 2.05) is 0 Å². The Morgan fingerprint density at radius 2 is 0.861 bits per heavy atom. The van der Waals surface area contributed by atoms with E-state index in [9.17, 15) is 19.2 Å². The fourth-order valence-electron chi connectivity index (χ4n) is 6.28. The molecule has 8 heteroatoms. The predicted molar refractivity (Wildman–Crippen MR) is 137 cm³/mol. The molecule has 0 aromatic heterocycles. The first kappa shape index (κ1) is 25.1. The van der Waals surface area contributed by atoms with Gasteiger partial charge in [0.2, 0.25) is 11.8 Å². The van der Waals surface area contributed by atoms with E-state index in [4.69, 9.17) is 0 Å². The highest BCUT2D eigenvalue weighted by atomic mass is 16.2. The maximum Gasteiger partial charge on any atom is 0.251 e. The molecule has 0 spiro atoms. The Bertz CT molecular complexity index is 899. The van der Waals surface area contributed by atoms with Gasteiger partial charge in [0, 0.05) is 12.1 Å². The third-order valence-electron chi connectivity index (χ3n) is 8.24. The molecule has 1 aromatic carbocycles. The highest BCUT2D eigenvalue weighted by molar-refractivity contribution is 6.24. The molecule has 2 saturated carbocycles. The Labute approximate surface area is 213 Å². The van der Waals surface area contributed by atoms with Crippen LogP contribution in [0.5, 0.6) is 0 Å². The maximum absolute atomic E-state index is 13.1. The molecule has 4 fully saturated rings. The quantitative estimate of drug-likeness (QED) is 0.463. The van der Waals surface area contributed by atoms with Gasteiger partial charge in [-0.05, 0) is 49.9 Å². The first-order valence-corrected chi connectivity index (χ1v) is 13.9. The Kier molecular flexibility index (Phi) is 7.82. The number of carbonyl (C=O) groups is 4. The first-order valence-electron chi connectivity index (χ1n) is 13.9. The lowest BCUT2D eigenvalue weighted by atomic mass is 10.1. The monoisotopic (exact) mass is 494 g/mol. The highest BCUT2D eigenvalue weighted by Crippen LogP contribution is 2.30. The van der Waals surface area contributed by atoms with E-state index < -0.39 is 12.1 Å². The third-order valence-corrected chi connectivity index (χ3v) is 8.24. The largest absolute Gasteiger partial charge is 0.303 e. The van der Waals surface area contributed by atoms with E-state index in [0.717, 1.165) is 51.4 Å². The van der Waals surface area contributed by atoms with Crippen molar-refractivity contribution in [2.24, 2.45) is 0 Å². The predicted octanol–water partition coefficient (Wildman–Crippen LogP) is 3.58. The number of nitrogens with one attached hydrogen (secondary N) is 2. The van der Waals surface area contributed by atoms with Crippen LogP contribution in [-0.2, 0) is 19.2 Å². The zero-order valence-corrected chi connectivity index (χ0v) is 21.0. The molecule has 2 aliphatic heterocycles. The fraction of sp³-hybridized carbons (Fsp3) is 0.643. The summed E-state index contributed by atoms with van der Waals surface area (Å²) in [6.07, 6.45) is 14.0. The number of rotatable bonds is 6. The lowest BCUT2D eigenvalue weighted by molar-refractivity contribution is -0.123. The average molecular weight is 495 g/mol. The zero-order chi connectivity index (χ0) is 25.1. The smallest absolute Gasteiger partial charge is 0.251 e. The molecule has 2 aliphatic carbocycles. The minimum absolute atomic E-state index is 0.161. The van der Waals surface area contributed by atoms with Crippen LogP contribution in [0.15, 0.2) is 24.3 Å². The van der Waals surface area contributed by atoms with Crippen molar-refractivity contribution in [2.75, 3.05) is 9.80 Å². The summed E-state index contributed by atoms with van der Waals surface area (Å²) in [6, 6.07) is 6.22. The van der Waals surface area contributed by atoms with Gasteiger partial charge in [-0.15, -0.1) is 0 Å². The van der Waals surface area contributed by atoms with Gasteiger partial charge < -0.3 is 10.6 Å². The number of anilines is 2. The molecule has 0 radical (unpaired) electrons. The van der Waals surface area contributed by atoms with Gasteiger partial charge in [-0.3, -0.25) is 19.2 Å². The molecule has 2 atom stereocenters. The van der Waals surface area contributed by atoms with Crippen LogP contribution in [0, 0.1) is 0 Å². The summed E-state index contributed by atoms with van der Waals surface area (Å²) in [6.45, 7) is 0. The van der Waals surface area contributed by atoms with Crippen molar-refractivity contribution in [3.8, 4) is 0 Å². The summed E-state index contributed by atoms with van der Waals surface area (Å²) in [5, 5.41) is 6.86. The molecular weight excluding hydrogens is 456 g/mol. The Morgan fingerprint density at radius 3 is 1.19 bits per heavy atom. The SMILES string of the molecule is O=C1C[C@H](NC2CCCCCC2)C(=O)N1c1ccc(N2C(=O)C[C@H](NC3CCCCCC3)C2=O)cc1. The molecule has 2 heterocycles. The molecule has 36 heavy (non-hydrogen) atoms. The topological polar surface area (TPSA) is 98.8 Å². The van der Waals surface area contributed by atoms with Crippen molar-refractivity contribution in [1.82, 2.24) is 10.6 Å². The highest BCUT2D eigenvalue weighted by Gasteiger charge is 2.42. The zero-order valence-electron chi connectivity index (χ0n) is 21.0. The van der Waals surface area contributed by atoms with Crippen molar-refractivity contribution < 1.29 is 19.2 Å². The van der Waals surface area contributed by atoms with Gasteiger partial charge in [0.15, 0.2) is 0 Å². The first-order chi connectivity index (χ1) is 17.5. The number of amides is 4. The molecule has 2 saturated heterocycles. The summed E-state index contributed by atoms with van der Waals surface area (Å²) in [5.41, 5.74) is 0.956. The summed E-state index contributed by atoms with van der Waals surface area (Å²) in [5.74, 6) is -0.893. The maximum atomic E-state index is 13.1. The molecule has 0 unspecified atom stereocenters. The van der Waals surface area contributed by atoms with Crippen LogP contribution in [0.4, 0.5) is 11.4 Å². The molecule has 194 valence electrons. The van der Waals surface area contributed by atoms with E-state index in [1.165, 1.54) is 35.5 Å². The van der Waals surface area contributed by atoms with Crippen molar-refractivity contribution in [1.29, 1.82) is 0 Å². The summed E-state index contributed by atoms with van der Waals surface area (Å²) in [7, 11) is 0. The Morgan fingerprint density at radius 1 is 0.528 bits per heavy atom. The number of imide groups is 2. The number of benzene rings is 1. The van der Waals surface area contributed by atoms with E-state index >= 15 is 0 Å². The summed E-state index contributed by atoms with van der Waals surface area (Å²) in [4.78, 5) is 54.2. The van der Waals surface area contributed by atoms with Crippen molar-refractivity contribution in [2.45, 2.75) is 114 Å². The van der Waals surface area contributed by atoms with E-state index in [0.29, 0.717) is 11.4 Å². The van der Waals surface area contributed by atoms with E-state index in [1.54, 1.807) is 24.3 Å². The minimum atomic E-state index is -0.488. The van der Waals surface area contributed by atoms with Gasteiger partial charge in [0.05, 0.1) is 36.3 Å². The van der Waals surface area contributed by atoms with Crippen molar-refractivity contribution >= 4 is 35.0 Å². The Hall–Kier alpha value is -2.58. The molecule has 4 aliphatic rings. The van der Waals surface area contributed by atoms with Crippen LogP contribution in [0.2, 0.25) is 0 Å². The lowest BCUT2D eigenvalue weighted by Gasteiger charge is -2.22. The number of carbonyl (C=O) groups excluding carboxylic acids is 4. The average Bonchev–Trinajstić information content (AvgIpc) is 3.12. The van der Waals surface area contributed by atoms with Crippen LogP contribution in [0.3, 0.4) is 0 Å². The molecule has 2 N–H and O–H groups in total. The molecule has 8 nitrogen and oxygen atoms in total. The second-order valence-electron chi connectivity index (χ2n) is 10.9. The van der Waals surface area contributed by atoms with Gasteiger partial charge in [-0.25, -0.2) is 9.80 Å². The number of hydrogen-bond donors (Lipinski definition) is 2. The van der Waals surface area contributed by atoms with Gasteiger partial charge in [0.1, 0.15) is 0 Å². The number of nitrogens with zero attached hydrogens (tertiary/aromatic N) is 2. The molecule has 4 amide bonds. The van der Waals surface area contributed by atoms with E-state index in [-0.39, 0.29) is 48.6 Å². The van der Waals surface area contributed by atoms with Crippen LogP contribution in [0.1, 0.15) is 89.9 Å².